The second-order valence-electron chi connectivity index (χ2n) is 7.69. The van der Waals surface area contributed by atoms with Crippen molar-refractivity contribution < 1.29 is 19.1 Å². The van der Waals surface area contributed by atoms with Gasteiger partial charge in [-0.15, -0.1) is 0 Å². The van der Waals surface area contributed by atoms with E-state index in [2.05, 4.69) is 15.8 Å². The summed E-state index contributed by atoms with van der Waals surface area (Å²) >= 11 is 12.2. The quantitative estimate of drug-likeness (QED) is 0.115. The van der Waals surface area contributed by atoms with Gasteiger partial charge in [-0.2, -0.15) is 5.10 Å². The van der Waals surface area contributed by atoms with Crippen molar-refractivity contribution in [2.75, 3.05) is 5.32 Å². The number of halogens is 2. The van der Waals surface area contributed by atoms with Crippen LogP contribution in [0.4, 0.5) is 5.69 Å². The topological polar surface area (TPSA) is 96.9 Å². The van der Waals surface area contributed by atoms with Gasteiger partial charge in [0, 0.05) is 16.3 Å². The number of carbonyl (C=O) groups excluding carboxylic acids is 3. The van der Waals surface area contributed by atoms with E-state index in [4.69, 9.17) is 27.9 Å². The number of benzene rings is 4. The Kier molecular flexibility index (Phi) is 7.63. The van der Waals surface area contributed by atoms with Gasteiger partial charge in [0.1, 0.15) is 5.75 Å². The number of aryl methyl sites for hydroxylation is 1. The molecule has 0 bridgehead atoms. The first kappa shape index (κ1) is 24.9. The zero-order chi connectivity index (χ0) is 25.7. The number of esters is 1. The molecule has 0 heterocycles. The van der Waals surface area contributed by atoms with Crippen LogP contribution in [0.15, 0.2) is 84.0 Å². The highest BCUT2D eigenvalue weighted by molar-refractivity contribution is 6.40. The summed E-state index contributed by atoms with van der Waals surface area (Å²) in [6, 6.07) is 22.2. The normalized spacial score (nSPS) is 10.9. The molecule has 4 aromatic carbocycles. The summed E-state index contributed by atoms with van der Waals surface area (Å²) < 4.78 is 5.61. The highest BCUT2D eigenvalue weighted by Gasteiger charge is 2.17. The molecule has 0 saturated carbocycles. The molecule has 36 heavy (non-hydrogen) atoms. The van der Waals surface area contributed by atoms with E-state index in [-0.39, 0.29) is 16.3 Å². The number of fused-ring (bicyclic) bond motifs is 1. The fourth-order valence-electron chi connectivity index (χ4n) is 3.34. The molecule has 0 fully saturated rings. The van der Waals surface area contributed by atoms with E-state index in [1.54, 1.807) is 54.6 Å². The first-order valence-electron chi connectivity index (χ1n) is 10.7. The van der Waals surface area contributed by atoms with Crippen LogP contribution in [0.5, 0.6) is 5.75 Å². The smallest absolute Gasteiger partial charge is 0.345 e. The maximum atomic E-state index is 12.7. The van der Waals surface area contributed by atoms with Crippen LogP contribution >= 0.6 is 23.2 Å². The summed E-state index contributed by atoms with van der Waals surface area (Å²) in [7, 11) is 0. The summed E-state index contributed by atoms with van der Waals surface area (Å²) in [5.41, 5.74) is 4.03. The molecule has 0 atom stereocenters. The van der Waals surface area contributed by atoms with Crippen molar-refractivity contribution in [3.8, 4) is 5.75 Å². The number of nitrogens with one attached hydrogen (secondary N) is 2. The summed E-state index contributed by atoms with van der Waals surface area (Å²) in [6.45, 7) is 1.82. The van der Waals surface area contributed by atoms with Gasteiger partial charge in [0.25, 0.3) is 0 Å². The highest BCUT2D eigenvalue weighted by Crippen LogP contribution is 2.28. The third-order valence-corrected chi connectivity index (χ3v) is 5.96. The van der Waals surface area contributed by atoms with Crippen molar-refractivity contribution in [2.45, 2.75) is 6.92 Å². The van der Waals surface area contributed by atoms with E-state index in [9.17, 15) is 14.4 Å². The molecule has 0 aliphatic heterocycles. The Morgan fingerprint density at radius 1 is 0.861 bits per heavy atom. The Labute approximate surface area is 216 Å². The summed E-state index contributed by atoms with van der Waals surface area (Å²) in [6.07, 6.45) is 1.31. The largest absolute Gasteiger partial charge is 0.422 e. The molecule has 4 aromatic rings. The lowest BCUT2D eigenvalue weighted by atomic mass is 10.0. The lowest BCUT2D eigenvalue weighted by Gasteiger charge is -2.11. The van der Waals surface area contributed by atoms with Crippen molar-refractivity contribution in [1.82, 2.24) is 5.43 Å². The third kappa shape index (κ3) is 5.71. The Hall–Kier alpha value is -4.20. The molecule has 9 heteroatoms. The molecule has 4 rings (SSSR count). The number of amides is 2. The van der Waals surface area contributed by atoms with Crippen molar-refractivity contribution >= 4 is 63.7 Å². The summed E-state index contributed by atoms with van der Waals surface area (Å²) in [5.74, 6) is -2.35. The number of nitrogens with zero attached hydrogens (tertiary/aromatic N) is 1. The molecule has 0 spiro atoms. The Morgan fingerprint density at radius 3 is 2.39 bits per heavy atom. The monoisotopic (exact) mass is 519 g/mol. The number of hydrogen-bond donors (Lipinski definition) is 2. The van der Waals surface area contributed by atoms with Crippen molar-refractivity contribution in [3.63, 3.8) is 0 Å². The minimum Gasteiger partial charge on any atom is -0.422 e. The highest BCUT2D eigenvalue weighted by atomic mass is 35.5. The van der Waals surface area contributed by atoms with Gasteiger partial charge >= 0.3 is 17.8 Å². The second-order valence-corrected chi connectivity index (χ2v) is 8.50. The molecule has 0 aliphatic carbocycles. The van der Waals surface area contributed by atoms with Crippen molar-refractivity contribution in [1.29, 1.82) is 0 Å². The van der Waals surface area contributed by atoms with E-state index < -0.39 is 17.8 Å². The van der Waals surface area contributed by atoms with Crippen molar-refractivity contribution in [3.05, 3.63) is 106 Å². The van der Waals surface area contributed by atoms with E-state index >= 15 is 0 Å². The number of hydrogen-bond acceptors (Lipinski definition) is 5. The molecule has 2 N–H and O–H groups in total. The van der Waals surface area contributed by atoms with Gasteiger partial charge in [-0.3, -0.25) is 9.59 Å². The molecular formula is C27H19Cl2N3O4. The van der Waals surface area contributed by atoms with Crippen LogP contribution in [-0.2, 0) is 9.59 Å². The number of ether oxygens (including phenoxy) is 1. The Balaban J connectivity index is 1.54. The standard InChI is InChI=1S/C27H19Cl2N3O4/c1-16-10-12-18(14-23(16)29)31-25(33)26(34)32-30-15-21-19-7-3-2-6-17(19)11-13-24(21)36-27(35)20-8-4-5-9-22(20)28/h2-15H,1H3,(H,31,33)(H,32,34)/b30-15+. The number of carbonyl (C=O) groups is 3. The maximum Gasteiger partial charge on any atom is 0.345 e. The van der Waals surface area contributed by atoms with Crippen LogP contribution in [-0.4, -0.2) is 24.0 Å². The second kappa shape index (κ2) is 11.0. The fourth-order valence-corrected chi connectivity index (χ4v) is 3.74. The minimum absolute atomic E-state index is 0.204. The summed E-state index contributed by atoms with van der Waals surface area (Å²) in [5, 5.41) is 8.67. The Bertz CT molecular complexity index is 1520. The number of rotatable bonds is 5. The van der Waals surface area contributed by atoms with E-state index in [1.165, 1.54) is 6.21 Å². The molecule has 0 aromatic heterocycles. The lowest BCUT2D eigenvalue weighted by molar-refractivity contribution is -0.136. The summed E-state index contributed by atoms with van der Waals surface area (Å²) in [4.78, 5) is 37.2. The van der Waals surface area contributed by atoms with Crippen molar-refractivity contribution in [2.24, 2.45) is 5.10 Å². The first-order chi connectivity index (χ1) is 17.3. The Morgan fingerprint density at radius 2 is 1.61 bits per heavy atom. The van der Waals surface area contributed by atoms with Gasteiger partial charge in [-0.1, -0.05) is 71.7 Å². The zero-order valence-electron chi connectivity index (χ0n) is 18.9. The molecule has 180 valence electrons. The van der Waals surface area contributed by atoms with Crippen LogP contribution in [0.25, 0.3) is 10.8 Å². The average Bonchev–Trinajstić information content (AvgIpc) is 2.87. The van der Waals surface area contributed by atoms with Gasteiger partial charge in [0.2, 0.25) is 0 Å². The van der Waals surface area contributed by atoms with E-state index in [0.29, 0.717) is 16.3 Å². The maximum absolute atomic E-state index is 12.7. The van der Waals surface area contributed by atoms with Crippen LogP contribution in [0.1, 0.15) is 21.5 Å². The van der Waals surface area contributed by atoms with Gasteiger partial charge in [0.15, 0.2) is 0 Å². The van der Waals surface area contributed by atoms with Crippen LogP contribution in [0.3, 0.4) is 0 Å². The molecule has 0 radical (unpaired) electrons. The van der Waals surface area contributed by atoms with E-state index in [0.717, 1.165) is 16.3 Å². The molecular weight excluding hydrogens is 501 g/mol. The van der Waals surface area contributed by atoms with Gasteiger partial charge in [-0.05, 0) is 53.6 Å². The molecule has 7 nitrogen and oxygen atoms in total. The van der Waals surface area contributed by atoms with Crippen LogP contribution in [0.2, 0.25) is 10.0 Å². The zero-order valence-corrected chi connectivity index (χ0v) is 20.4. The van der Waals surface area contributed by atoms with Gasteiger partial charge < -0.3 is 10.1 Å². The van der Waals surface area contributed by atoms with E-state index in [1.807, 2.05) is 31.2 Å². The molecule has 2 amide bonds. The van der Waals surface area contributed by atoms with Gasteiger partial charge in [-0.25, -0.2) is 10.2 Å². The SMILES string of the molecule is Cc1ccc(NC(=O)C(=O)N/N=C/c2c(OC(=O)c3ccccc3Cl)ccc3ccccc23)cc1Cl. The van der Waals surface area contributed by atoms with Gasteiger partial charge in [0.05, 0.1) is 16.8 Å². The lowest BCUT2D eigenvalue weighted by Crippen LogP contribution is -2.32. The predicted molar refractivity (Wildman–Crippen MR) is 141 cm³/mol. The first-order valence-corrected chi connectivity index (χ1v) is 11.5. The minimum atomic E-state index is -0.988. The average molecular weight is 520 g/mol. The number of anilines is 1. The molecule has 0 saturated heterocycles. The predicted octanol–water partition coefficient (Wildman–Crippen LogP) is 5.76. The van der Waals surface area contributed by atoms with Crippen LogP contribution in [0, 0.1) is 6.92 Å². The molecule has 0 aliphatic rings. The molecule has 0 unspecified atom stereocenters. The fraction of sp³-hybridized carbons (Fsp3) is 0.0370. The third-order valence-electron chi connectivity index (χ3n) is 5.22. The number of hydrazone groups is 1. The van der Waals surface area contributed by atoms with Crippen LogP contribution < -0.4 is 15.5 Å².